The summed E-state index contributed by atoms with van der Waals surface area (Å²) < 4.78 is 18.7. The van der Waals surface area contributed by atoms with E-state index in [9.17, 15) is 4.57 Å². The van der Waals surface area contributed by atoms with Crippen molar-refractivity contribution < 1.29 is 9.09 Å². The lowest BCUT2D eigenvalue weighted by molar-refractivity contribution is 0.340. The van der Waals surface area contributed by atoms with E-state index in [0.29, 0.717) is 12.8 Å². The number of hydrogen-bond acceptors (Lipinski definition) is 2. The van der Waals surface area contributed by atoms with Crippen LogP contribution in [-0.4, -0.2) is 6.61 Å². The van der Waals surface area contributed by atoms with Crippen molar-refractivity contribution in [1.82, 2.24) is 0 Å². The van der Waals surface area contributed by atoms with Crippen LogP contribution in [0.1, 0.15) is 18.1 Å². The molecule has 0 aliphatic carbocycles. The maximum absolute atomic E-state index is 13.0. The van der Waals surface area contributed by atoms with Gasteiger partial charge in [-0.05, 0) is 31.5 Å². The third-order valence-corrected chi connectivity index (χ3v) is 5.54. The molecule has 2 aromatic rings. The van der Waals surface area contributed by atoms with E-state index in [4.69, 9.17) is 4.52 Å². The quantitative estimate of drug-likeness (QED) is 0.766. The van der Waals surface area contributed by atoms with E-state index >= 15 is 0 Å². The Balaban J connectivity index is 2.30. The largest absolute Gasteiger partial charge is 0.325 e. The molecule has 0 aliphatic rings. The van der Waals surface area contributed by atoms with Gasteiger partial charge in [0.1, 0.15) is 0 Å². The van der Waals surface area contributed by atoms with Crippen molar-refractivity contribution in [2.24, 2.45) is 0 Å². The Bertz CT molecular complexity index is 561. The van der Waals surface area contributed by atoms with Crippen LogP contribution in [0.15, 0.2) is 54.6 Å². The maximum Gasteiger partial charge on any atom is 0.236 e. The minimum absolute atomic E-state index is 0.450. The zero-order valence-corrected chi connectivity index (χ0v) is 12.3. The first-order chi connectivity index (χ1) is 9.14. The molecule has 3 heteroatoms. The summed E-state index contributed by atoms with van der Waals surface area (Å²) in [7, 11) is -2.81. The van der Waals surface area contributed by atoms with Crippen molar-refractivity contribution in [3.8, 4) is 0 Å². The average molecular weight is 274 g/mol. The highest BCUT2D eigenvalue weighted by Crippen LogP contribution is 2.48. The molecule has 0 saturated carbocycles. The minimum Gasteiger partial charge on any atom is -0.325 e. The fraction of sp³-hybridized carbons (Fsp3) is 0.250. The Morgan fingerprint density at radius 1 is 1.00 bits per heavy atom. The Morgan fingerprint density at radius 2 is 1.63 bits per heavy atom. The van der Waals surface area contributed by atoms with E-state index < -0.39 is 7.37 Å². The van der Waals surface area contributed by atoms with Gasteiger partial charge in [0.2, 0.25) is 7.37 Å². The molecule has 0 N–H and O–H groups in total. The van der Waals surface area contributed by atoms with Crippen molar-refractivity contribution in [2.45, 2.75) is 20.0 Å². The van der Waals surface area contributed by atoms with E-state index in [0.717, 1.165) is 10.9 Å². The van der Waals surface area contributed by atoms with Gasteiger partial charge in [-0.3, -0.25) is 4.57 Å². The SMILES string of the molecule is CCOP(=O)(Cc1ccc(C)cc1)c1ccccc1. The number of rotatable bonds is 5. The summed E-state index contributed by atoms with van der Waals surface area (Å²) in [5.41, 5.74) is 2.25. The normalized spacial score (nSPS) is 14.0. The van der Waals surface area contributed by atoms with Gasteiger partial charge in [-0.1, -0.05) is 48.0 Å². The van der Waals surface area contributed by atoms with E-state index in [2.05, 4.69) is 0 Å². The summed E-state index contributed by atoms with van der Waals surface area (Å²) in [4.78, 5) is 0. The van der Waals surface area contributed by atoms with Crippen LogP contribution in [0.4, 0.5) is 0 Å². The summed E-state index contributed by atoms with van der Waals surface area (Å²) >= 11 is 0. The van der Waals surface area contributed by atoms with Gasteiger partial charge in [0, 0.05) is 5.30 Å². The molecule has 0 spiro atoms. The third kappa shape index (κ3) is 3.56. The van der Waals surface area contributed by atoms with Crippen LogP contribution < -0.4 is 5.30 Å². The van der Waals surface area contributed by atoms with E-state index in [1.165, 1.54) is 5.56 Å². The minimum atomic E-state index is -2.81. The highest BCUT2D eigenvalue weighted by atomic mass is 31.2. The highest BCUT2D eigenvalue weighted by molar-refractivity contribution is 7.66. The lowest BCUT2D eigenvalue weighted by Crippen LogP contribution is -2.09. The van der Waals surface area contributed by atoms with Gasteiger partial charge in [-0.25, -0.2) is 0 Å². The molecule has 0 bridgehead atoms. The summed E-state index contributed by atoms with van der Waals surface area (Å²) in [6.45, 7) is 4.38. The zero-order valence-electron chi connectivity index (χ0n) is 11.4. The highest BCUT2D eigenvalue weighted by Gasteiger charge is 2.25. The van der Waals surface area contributed by atoms with Crippen molar-refractivity contribution in [3.05, 3.63) is 65.7 Å². The second-order valence-corrected chi connectivity index (χ2v) is 7.01. The molecule has 1 atom stereocenters. The lowest BCUT2D eigenvalue weighted by Gasteiger charge is -2.18. The van der Waals surface area contributed by atoms with Crippen LogP contribution in [0.3, 0.4) is 0 Å². The van der Waals surface area contributed by atoms with E-state index in [-0.39, 0.29) is 0 Å². The molecule has 1 unspecified atom stereocenters. The molecule has 0 radical (unpaired) electrons. The van der Waals surface area contributed by atoms with Crippen molar-refractivity contribution >= 4 is 12.7 Å². The van der Waals surface area contributed by atoms with Gasteiger partial charge < -0.3 is 4.52 Å². The van der Waals surface area contributed by atoms with E-state index in [1.807, 2.05) is 68.4 Å². The van der Waals surface area contributed by atoms with Gasteiger partial charge in [-0.2, -0.15) is 0 Å². The van der Waals surface area contributed by atoms with Crippen LogP contribution in [-0.2, 0) is 15.3 Å². The molecule has 0 fully saturated rings. The summed E-state index contributed by atoms with van der Waals surface area (Å²) in [5.74, 6) is 0. The Morgan fingerprint density at radius 3 is 2.21 bits per heavy atom. The van der Waals surface area contributed by atoms with Crippen molar-refractivity contribution in [3.63, 3.8) is 0 Å². The van der Waals surface area contributed by atoms with Crippen molar-refractivity contribution in [2.75, 3.05) is 6.61 Å². The smallest absolute Gasteiger partial charge is 0.236 e. The topological polar surface area (TPSA) is 26.3 Å². The fourth-order valence-corrected chi connectivity index (χ4v) is 4.17. The van der Waals surface area contributed by atoms with Crippen LogP contribution in [0.2, 0.25) is 0 Å². The van der Waals surface area contributed by atoms with E-state index in [1.54, 1.807) is 0 Å². The number of aryl methyl sites for hydroxylation is 1. The predicted molar refractivity (Wildman–Crippen MR) is 80.2 cm³/mol. The van der Waals surface area contributed by atoms with Crippen LogP contribution in [0, 0.1) is 6.92 Å². The number of benzene rings is 2. The molecule has 2 aromatic carbocycles. The maximum atomic E-state index is 13.0. The number of hydrogen-bond donors (Lipinski definition) is 0. The molecule has 0 saturated heterocycles. The van der Waals surface area contributed by atoms with Crippen LogP contribution in [0.25, 0.3) is 0 Å². The summed E-state index contributed by atoms with van der Waals surface area (Å²) in [5, 5.41) is 0.789. The predicted octanol–water partition coefficient (Wildman–Crippen LogP) is 4.14. The molecule has 100 valence electrons. The van der Waals surface area contributed by atoms with Gasteiger partial charge >= 0.3 is 0 Å². The fourth-order valence-electron chi connectivity index (χ4n) is 2.01. The molecule has 0 heterocycles. The third-order valence-electron chi connectivity index (χ3n) is 3.00. The van der Waals surface area contributed by atoms with Gasteiger partial charge in [-0.15, -0.1) is 0 Å². The Labute approximate surface area is 114 Å². The first kappa shape index (κ1) is 14.0. The second kappa shape index (κ2) is 6.18. The zero-order chi connectivity index (χ0) is 13.7. The van der Waals surface area contributed by atoms with Gasteiger partial charge in [0.15, 0.2) is 0 Å². The Hall–Kier alpha value is -1.37. The molecular weight excluding hydrogens is 255 g/mol. The molecule has 2 nitrogen and oxygen atoms in total. The standard InChI is InChI=1S/C16H19O2P/c1-3-18-19(17,16-7-5-4-6-8-16)13-15-11-9-14(2)10-12-15/h4-12H,3,13H2,1-2H3. The first-order valence-corrected chi connectivity index (χ1v) is 8.30. The molecule has 0 aliphatic heterocycles. The molecule has 2 rings (SSSR count). The molecular formula is C16H19O2P. The van der Waals surface area contributed by atoms with Gasteiger partial charge in [0.25, 0.3) is 0 Å². The van der Waals surface area contributed by atoms with Gasteiger partial charge in [0.05, 0.1) is 12.8 Å². The summed E-state index contributed by atoms with van der Waals surface area (Å²) in [6, 6.07) is 17.6. The summed E-state index contributed by atoms with van der Waals surface area (Å²) in [6.07, 6.45) is 0.450. The molecule has 0 aromatic heterocycles. The molecule has 0 amide bonds. The van der Waals surface area contributed by atoms with Crippen LogP contribution in [0.5, 0.6) is 0 Å². The first-order valence-electron chi connectivity index (χ1n) is 6.49. The monoisotopic (exact) mass is 274 g/mol. The molecule has 19 heavy (non-hydrogen) atoms. The van der Waals surface area contributed by atoms with Crippen LogP contribution >= 0.6 is 7.37 Å². The average Bonchev–Trinajstić information content (AvgIpc) is 2.43. The van der Waals surface area contributed by atoms with Crippen molar-refractivity contribution in [1.29, 1.82) is 0 Å². The second-order valence-electron chi connectivity index (χ2n) is 4.57. The Kier molecular flexibility index (Phi) is 4.57. The lowest BCUT2D eigenvalue weighted by atomic mass is 10.2.